The molecule has 3 aromatic carbocycles. The molecule has 0 aliphatic carbocycles. The molecule has 0 saturated carbocycles. The van der Waals surface area contributed by atoms with Gasteiger partial charge >= 0.3 is 0 Å². The zero-order valence-corrected chi connectivity index (χ0v) is 19.3. The largest absolute Gasteiger partial charge is 0.494 e. The topological polar surface area (TPSA) is 36.3 Å². The molecule has 166 valence electrons. The molecule has 1 heterocycles. The standard InChI is InChI=1S/C28H32N2O2/c1-4-22-10-14-25(15-11-22)32-20-28-29-26-8-5-6-9-27(26)30(28)18-7-19-31-24-16-12-23(13-17-24)21(2)3/h5-6,8-17,21H,4,7,18-20H2,1-3H3. The fourth-order valence-electron chi connectivity index (χ4n) is 3.82. The van der Waals surface area contributed by atoms with Crippen LogP contribution in [0.1, 0.15) is 50.1 Å². The van der Waals surface area contributed by atoms with Crippen LogP contribution in [0, 0.1) is 0 Å². The molecule has 1 aromatic heterocycles. The first-order valence-electron chi connectivity index (χ1n) is 11.5. The summed E-state index contributed by atoms with van der Waals surface area (Å²) in [6.07, 6.45) is 1.92. The number of aromatic nitrogens is 2. The summed E-state index contributed by atoms with van der Waals surface area (Å²) in [5.74, 6) is 3.26. The summed E-state index contributed by atoms with van der Waals surface area (Å²) >= 11 is 0. The fourth-order valence-corrected chi connectivity index (χ4v) is 3.82. The minimum absolute atomic E-state index is 0.442. The molecule has 0 spiro atoms. The third kappa shape index (κ3) is 5.31. The molecule has 4 heteroatoms. The SMILES string of the molecule is CCc1ccc(OCc2nc3ccccc3n2CCCOc2ccc(C(C)C)cc2)cc1. The van der Waals surface area contributed by atoms with E-state index in [0.717, 1.165) is 47.7 Å². The lowest BCUT2D eigenvalue weighted by molar-refractivity contribution is 0.280. The zero-order valence-electron chi connectivity index (χ0n) is 19.3. The van der Waals surface area contributed by atoms with Crippen molar-refractivity contribution >= 4 is 11.0 Å². The van der Waals surface area contributed by atoms with Crippen molar-refractivity contribution in [3.8, 4) is 11.5 Å². The van der Waals surface area contributed by atoms with E-state index in [1.165, 1.54) is 11.1 Å². The molecule has 0 aliphatic heterocycles. The smallest absolute Gasteiger partial charge is 0.147 e. The molecule has 4 rings (SSSR count). The maximum Gasteiger partial charge on any atom is 0.147 e. The molecular weight excluding hydrogens is 396 g/mol. The molecule has 4 nitrogen and oxygen atoms in total. The van der Waals surface area contributed by atoms with Crippen molar-refractivity contribution in [2.24, 2.45) is 0 Å². The number of hydrogen-bond acceptors (Lipinski definition) is 3. The Morgan fingerprint density at radius 3 is 2.25 bits per heavy atom. The highest BCUT2D eigenvalue weighted by Gasteiger charge is 2.11. The van der Waals surface area contributed by atoms with Crippen molar-refractivity contribution < 1.29 is 9.47 Å². The van der Waals surface area contributed by atoms with Crippen LogP contribution in [0.25, 0.3) is 11.0 Å². The van der Waals surface area contributed by atoms with Gasteiger partial charge in [-0.1, -0.05) is 57.2 Å². The van der Waals surface area contributed by atoms with Crippen LogP contribution >= 0.6 is 0 Å². The van der Waals surface area contributed by atoms with Gasteiger partial charge in [-0.05, 0) is 66.3 Å². The summed E-state index contributed by atoms with van der Waals surface area (Å²) in [4.78, 5) is 4.82. The van der Waals surface area contributed by atoms with E-state index in [4.69, 9.17) is 14.5 Å². The van der Waals surface area contributed by atoms with Crippen LogP contribution in [0.2, 0.25) is 0 Å². The van der Waals surface area contributed by atoms with E-state index in [-0.39, 0.29) is 0 Å². The van der Waals surface area contributed by atoms with Crippen LogP contribution in [-0.4, -0.2) is 16.2 Å². The first kappa shape index (κ1) is 21.9. The van der Waals surface area contributed by atoms with E-state index < -0.39 is 0 Å². The third-order valence-corrected chi connectivity index (χ3v) is 5.77. The van der Waals surface area contributed by atoms with Gasteiger partial charge in [0.2, 0.25) is 0 Å². The van der Waals surface area contributed by atoms with Crippen LogP contribution < -0.4 is 9.47 Å². The highest BCUT2D eigenvalue weighted by molar-refractivity contribution is 5.75. The Hall–Kier alpha value is -3.27. The lowest BCUT2D eigenvalue weighted by Gasteiger charge is -2.12. The first-order valence-corrected chi connectivity index (χ1v) is 11.5. The summed E-state index contributed by atoms with van der Waals surface area (Å²) in [6, 6.07) is 25.0. The Kier molecular flexibility index (Phi) is 7.10. The summed E-state index contributed by atoms with van der Waals surface area (Å²) in [5.41, 5.74) is 4.77. The fraction of sp³-hybridized carbons (Fsp3) is 0.321. The molecule has 0 radical (unpaired) electrons. The molecule has 0 atom stereocenters. The summed E-state index contributed by atoms with van der Waals surface area (Å²) < 4.78 is 14.3. The van der Waals surface area contributed by atoms with E-state index >= 15 is 0 Å². The van der Waals surface area contributed by atoms with Gasteiger partial charge in [0.1, 0.15) is 23.9 Å². The normalized spacial score (nSPS) is 11.2. The predicted octanol–water partition coefficient (Wildman–Crippen LogP) is 6.77. The van der Waals surface area contributed by atoms with Crippen LogP contribution in [0.5, 0.6) is 11.5 Å². The molecule has 0 unspecified atom stereocenters. The minimum Gasteiger partial charge on any atom is -0.494 e. The van der Waals surface area contributed by atoms with Gasteiger partial charge < -0.3 is 14.0 Å². The third-order valence-electron chi connectivity index (χ3n) is 5.77. The summed E-state index contributed by atoms with van der Waals surface area (Å²) in [5, 5.41) is 0. The highest BCUT2D eigenvalue weighted by atomic mass is 16.5. The van der Waals surface area contributed by atoms with E-state index in [1.807, 2.05) is 18.2 Å². The average Bonchev–Trinajstić information content (AvgIpc) is 3.18. The van der Waals surface area contributed by atoms with Crippen molar-refractivity contribution in [3.05, 3.63) is 89.7 Å². The lowest BCUT2D eigenvalue weighted by Crippen LogP contribution is -2.10. The molecule has 32 heavy (non-hydrogen) atoms. The number of ether oxygens (including phenoxy) is 2. The molecule has 0 bridgehead atoms. The molecule has 4 aromatic rings. The van der Waals surface area contributed by atoms with Gasteiger partial charge in [-0.2, -0.15) is 0 Å². The van der Waals surface area contributed by atoms with Crippen molar-refractivity contribution in [1.29, 1.82) is 0 Å². The average molecular weight is 429 g/mol. The highest BCUT2D eigenvalue weighted by Crippen LogP contribution is 2.21. The van der Waals surface area contributed by atoms with Crippen molar-refractivity contribution in [1.82, 2.24) is 9.55 Å². The van der Waals surface area contributed by atoms with Gasteiger partial charge in [0.25, 0.3) is 0 Å². The Labute approximate surface area is 190 Å². The van der Waals surface area contributed by atoms with Crippen LogP contribution in [0.3, 0.4) is 0 Å². The van der Waals surface area contributed by atoms with Gasteiger partial charge in [-0.3, -0.25) is 0 Å². The van der Waals surface area contributed by atoms with Gasteiger partial charge in [0, 0.05) is 6.54 Å². The van der Waals surface area contributed by atoms with Crippen molar-refractivity contribution in [3.63, 3.8) is 0 Å². The monoisotopic (exact) mass is 428 g/mol. The van der Waals surface area contributed by atoms with Crippen molar-refractivity contribution in [2.45, 2.75) is 52.7 Å². The number of imidazole rings is 1. The number of para-hydroxylation sites is 2. The van der Waals surface area contributed by atoms with Gasteiger partial charge in [0.15, 0.2) is 0 Å². The summed E-state index contributed by atoms with van der Waals surface area (Å²) in [7, 11) is 0. The molecule has 0 saturated heterocycles. The zero-order chi connectivity index (χ0) is 22.3. The minimum atomic E-state index is 0.442. The second-order valence-electron chi connectivity index (χ2n) is 8.38. The number of rotatable bonds is 10. The second-order valence-corrected chi connectivity index (χ2v) is 8.38. The van der Waals surface area contributed by atoms with Gasteiger partial charge in [-0.15, -0.1) is 0 Å². The van der Waals surface area contributed by atoms with E-state index in [9.17, 15) is 0 Å². The van der Waals surface area contributed by atoms with Crippen LogP contribution in [0.4, 0.5) is 0 Å². The number of hydrogen-bond donors (Lipinski definition) is 0. The Morgan fingerprint density at radius 1 is 0.844 bits per heavy atom. The molecule has 0 fully saturated rings. The molecular formula is C28H32N2O2. The van der Waals surface area contributed by atoms with E-state index in [2.05, 4.69) is 79.9 Å². The number of aryl methyl sites for hydroxylation is 2. The van der Waals surface area contributed by atoms with Crippen molar-refractivity contribution in [2.75, 3.05) is 6.61 Å². The first-order chi connectivity index (χ1) is 15.6. The molecule has 0 aliphatic rings. The Morgan fingerprint density at radius 2 is 1.53 bits per heavy atom. The molecule has 0 N–H and O–H groups in total. The number of nitrogens with zero attached hydrogens (tertiary/aromatic N) is 2. The number of fused-ring (bicyclic) bond motifs is 1. The second kappa shape index (κ2) is 10.4. The van der Waals surface area contributed by atoms with Crippen LogP contribution in [-0.2, 0) is 19.6 Å². The maximum absolute atomic E-state index is 6.05. The number of benzene rings is 3. The Balaban J connectivity index is 1.39. The van der Waals surface area contributed by atoms with E-state index in [1.54, 1.807) is 0 Å². The quantitative estimate of drug-likeness (QED) is 0.262. The van der Waals surface area contributed by atoms with E-state index in [0.29, 0.717) is 19.1 Å². The summed E-state index contributed by atoms with van der Waals surface area (Å²) in [6.45, 7) is 8.49. The van der Waals surface area contributed by atoms with Gasteiger partial charge in [0.05, 0.1) is 17.6 Å². The van der Waals surface area contributed by atoms with Crippen LogP contribution in [0.15, 0.2) is 72.8 Å². The van der Waals surface area contributed by atoms with Gasteiger partial charge in [-0.25, -0.2) is 4.98 Å². The Bertz CT molecular complexity index is 1130. The predicted molar refractivity (Wildman–Crippen MR) is 131 cm³/mol. The lowest BCUT2D eigenvalue weighted by atomic mass is 10.0. The molecule has 0 amide bonds. The maximum atomic E-state index is 6.05.